The number of hydrogen-bond acceptors (Lipinski definition) is 6. The van der Waals surface area contributed by atoms with Gasteiger partial charge in [-0.05, 0) is 6.07 Å². The van der Waals surface area contributed by atoms with Crippen LogP contribution in [0.3, 0.4) is 0 Å². The topological polar surface area (TPSA) is 131 Å². The fourth-order valence-electron chi connectivity index (χ4n) is 4.61. The number of nitrogens with one attached hydrogen (secondary N) is 2. The Morgan fingerprint density at radius 3 is 2.70 bits per heavy atom. The predicted octanol–water partition coefficient (Wildman–Crippen LogP) is -1.07. The summed E-state index contributed by atoms with van der Waals surface area (Å²) in [7, 11) is 1.48. The van der Waals surface area contributed by atoms with Crippen molar-refractivity contribution >= 4 is 29.3 Å². The smallest absolute Gasteiger partial charge is 0.250 e. The number of likely N-dealkylation sites (tertiary alicyclic amines) is 1. The Labute approximate surface area is 155 Å². The first-order chi connectivity index (χ1) is 12.9. The molecule has 0 radical (unpaired) electrons. The van der Waals surface area contributed by atoms with Gasteiger partial charge in [-0.2, -0.15) is 0 Å². The number of fused-ring (bicyclic) bond motifs is 4. The second kappa shape index (κ2) is 6.14. The summed E-state index contributed by atoms with van der Waals surface area (Å²) < 4.78 is 4.99. The van der Waals surface area contributed by atoms with E-state index in [9.17, 15) is 19.2 Å². The number of primary amides is 1. The number of para-hydroxylation sites is 1. The summed E-state index contributed by atoms with van der Waals surface area (Å²) in [5.41, 5.74) is 5.15. The van der Waals surface area contributed by atoms with Gasteiger partial charge in [0, 0.05) is 30.8 Å². The van der Waals surface area contributed by atoms with Gasteiger partial charge in [0.2, 0.25) is 23.6 Å². The molecule has 9 nitrogen and oxygen atoms in total. The maximum Gasteiger partial charge on any atom is 0.250 e. The van der Waals surface area contributed by atoms with Gasteiger partial charge in [0.25, 0.3) is 0 Å². The lowest BCUT2D eigenvalue weighted by molar-refractivity contribution is -0.143. The molecule has 27 heavy (non-hydrogen) atoms. The molecule has 3 aliphatic rings. The van der Waals surface area contributed by atoms with Crippen LogP contribution in [-0.4, -0.2) is 54.8 Å². The Bertz CT molecular complexity index is 856. The summed E-state index contributed by atoms with van der Waals surface area (Å²) in [4.78, 5) is 51.8. The zero-order valence-corrected chi connectivity index (χ0v) is 14.7. The molecule has 4 rings (SSSR count). The van der Waals surface area contributed by atoms with Crippen LogP contribution in [0.15, 0.2) is 24.3 Å². The Hall–Kier alpha value is -2.78. The number of benzene rings is 1. The third-order valence-corrected chi connectivity index (χ3v) is 5.65. The van der Waals surface area contributed by atoms with E-state index in [2.05, 4.69) is 10.6 Å². The third-order valence-electron chi connectivity index (χ3n) is 5.65. The molecule has 0 aromatic heterocycles. The molecule has 4 amide bonds. The highest BCUT2D eigenvalue weighted by molar-refractivity contribution is 6.15. The number of imide groups is 1. The summed E-state index contributed by atoms with van der Waals surface area (Å²) in [5, 5.41) is 5.92. The second-order valence-electron chi connectivity index (χ2n) is 7.05. The van der Waals surface area contributed by atoms with Gasteiger partial charge in [-0.15, -0.1) is 0 Å². The average molecular weight is 372 g/mol. The van der Waals surface area contributed by atoms with E-state index in [4.69, 9.17) is 10.5 Å². The second-order valence-corrected chi connectivity index (χ2v) is 7.05. The molecular weight excluding hydrogens is 352 g/mol. The molecule has 1 spiro atoms. The van der Waals surface area contributed by atoms with Crippen LogP contribution in [0.5, 0.6) is 0 Å². The molecule has 0 bridgehead atoms. The normalized spacial score (nSPS) is 31.4. The van der Waals surface area contributed by atoms with Gasteiger partial charge in [-0.25, -0.2) is 0 Å². The number of hydrogen-bond donors (Lipinski definition) is 3. The molecule has 4 atom stereocenters. The lowest BCUT2D eigenvalue weighted by Gasteiger charge is -2.29. The van der Waals surface area contributed by atoms with Crippen molar-refractivity contribution in [3.63, 3.8) is 0 Å². The fourth-order valence-corrected chi connectivity index (χ4v) is 4.61. The van der Waals surface area contributed by atoms with Crippen LogP contribution < -0.4 is 16.4 Å². The van der Waals surface area contributed by atoms with Gasteiger partial charge in [0.1, 0.15) is 5.54 Å². The zero-order chi connectivity index (χ0) is 19.3. The van der Waals surface area contributed by atoms with Crippen LogP contribution in [0, 0.1) is 11.8 Å². The van der Waals surface area contributed by atoms with Crippen LogP contribution in [0.25, 0.3) is 0 Å². The summed E-state index contributed by atoms with van der Waals surface area (Å²) in [5.74, 6) is -3.62. The van der Waals surface area contributed by atoms with Crippen molar-refractivity contribution in [1.82, 2.24) is 10.2 Å². The van der Waals surface area contributed by atoms with E-state index in [1.54, 1.807) is 24.3 Å². The Balaban J connectivity index is 1.83. The van der Waals surface area contributed by atoms with Crippen molar-refractivity contribution in [2.24, 2.45) is 17.6 Å². The van der Waals surface area contributed by atoms with Crippen molar-refractivity contribution in [3.05, 3.63) is 29.8 Å². The molecule has 0 unspecified atom stereocenters. The Morgan fingerprint density at radius 2 is 2.00 bits per heavy atom. The number of carbonyl (C=O) groups excluding carboxylic acids is 4. The lowest BCUT2D eigenvalue weighted by Crippen LogP contribution is -2.53. The SMILES string of the molecule is COCCN1C(=O)[C@@H]2[C@H](CC(N)=O)N[C@]3(C(=O)Nc4ccccc43)[C@@H]2C1=O. The number of nitrogens with two attached hydrogens (primary N) is 1. The van der Waals surface area contributed by atoms with Gasteiger partial charge in [-0.1, -0.05) is 18.2 Å². The monoisotopic (exact) mass is 372 g/mol. The zero-order valence-electron chi connectivity index (χ0n) is 14.7. The first-order valence-electron chi connectivity index (χ1n) is 8.73. The molecule has 9 heteroatoms. The maximum atomic E-state index is 13.2. The highest BCUT2D eigenvalue weighted by atomic mass is 16.5. The van der Waals surface area contributed by atoms with Gasteiger partial charge in [0.15, 0.2) is 0 Å². The largest absolute Gasteiger partial charge is 0.383 e. The van der Waals surface area contributed by atoms with E-state index < -0.39 is 47.0 Å². The van der Waals surface area contributed by atoms with Crippen LogP contribution in [0.1, 0.15) is 12.0 Å². The van der Waals surface area contributed by atoms with Crippen LogP contribution in [-0.2, 0) is 29.5 Å². The van der Waals surface area contributed by atoms with Crippen molar-refractivity contribution in [3.8, 4) is 0 Å². The highest BCUT2D eigenvalue weighted by Gasteiger charge is 2.70. The predicted molar refractivity (Wildman–Crippen MR) is 93.1 cm³/mol. The van der Waals surface area contributed by atoms with Gasteiger partial charge >= 0.3 is 0 Å². The van der Waals surface area contributed by atoms with E-state index in [1.807, 2.05) is 0 Å². The number of amides is 4. The van der Waals surface area contributed by atoms with E-state index in [1.165, 1.54) is 7.11 Å². The average Bonchev–Trinajstić information content (AvgIpc) is 3.19. The first kappa shape index (κ1) is 17.6. The molecule has 3 aliphatic heterocycles. The number of methoxy groups -OCH3 is 1. The van der Waals surface area contributed by atoms with Gasteiger partial charge in [-0.3, -0.25) is 29.4 Å². The van der Waals surface area contributed by atoms with Crippen molar-refractivity contribution < 1.29 is 23.9 Å². The van der Waals surface area contributed by atoms with Gasteiger partial charge in [0.05, 0.1) is 25.0 Å². The summed E-state index contributed by atoms with van der Waals surface area (Å²) in [6, 6.07) is 6.33. The number of carbonyl (C=O) groups is 4. The molecule has 142 valence electrons. The van der Waals surface area contributed by atoms with E-state index in [0.717, 1.165) is 4.90 Å². The molecule has 1 aromatic carbocycles. The molecule has 0 saturated carbocycles. The minimum absolute atomic E-state index is 0.101. The van der Waals surface area contributed by atoms with Gasteiger partial charge < -0.3 is 15.8 Å². The third kappa shape index (κ3) is 2.31. The molecule has 0 aliphatic carbocycles. The Morgan fingerprint density at radius 1 is 1.26 bits per heavy atom. The van der Waals surface area contributed by atoms with E-state index in [0.29, 0.717) is 11.3 Å². The molecule has 3 heterocycles. The summed E-state index contributed by atoms with van der Waals surface area (Å²) in [6.07, 6.45) is -0.143. The van der Waals surface area contributed by atoms with E-state index >= 15 is 0 Å². The highest BCUT2D eigenvalue weighted by Crippen LogP contribution is 2.53. The summed E-state index contributed by atoms with van der Waals surface area (Å²) >= 11 is 0. The standard InChI is InChI=1S/C18H20N4O5/c1-27-7-6-22-15(24)13-11(8-12(19)23)21-18(14(13)16(22)25)9-4-2-3-5-10(9)20-17(18)26/h2-5,11,13-14,21H,6-8H2,1H3,(H2,19,23)(H,20,26)/t11-,13+,14-,18-/m0/s1. The molecule has 2 saturated heterocycles. The van der Waals surface area contributed by atoms with Crippen molar-refractivity contribution in [2.45, 2.75) is 18.0 Å². The quantitative estimate of drug-likeness (QED) is 0.564. The minimum atomic E-state index is -1.39. The number of anilines is 1. The van der Waals surface area contributed by atoms with Crippen LogP contribution in [0.2, 0.25) is 0 Å². The number of rotatable bonds is 5. The fraction of sp³-hybridized carbons (Fsp3) is 0.444. The molecule has 2 fully saturated rings. The first-order valence-corrected chi connectivity index (χ1v) is 8.73. The maximum absolute atomic E-state index is 13.2. The van der Waals surface area contributed by atoms with Crippen molar-refractivity contribution in [1.29, 1.82) is 0 Å². The number of ether oxygens (including phenoxy) is 1. The van der Waals surface area contributed by atoms with E-state index in [-0.39, 0.29) is 19.6 Å². The van der Waals surface area contributed by atoms with Crippen LogP contribution in [0.4, 0.5) is 5.69 Å². The molecular formula is C18H20N4O5. The molecule has 4 N–H and O–H groups in total. The number of nitrogens with zero attached hydrogens (tertiary/aromatic N) is 1. The lowest BCUT2D eigenvalue weighted by atomic mass is 9.76. The van der Waals surface area contributed by atoms with Crippen LogP contribution >= 0.6 is 0 Å². The summed E-state index contributed by atoms with van der Waals surface area (Å²) in [6.45, 7) is 0.296. The van der Waals surface area contributed by atoms with Crippen molar-refractivity contribution in [2.75, 3.05) is 25.6 Å². The molecule has 1 aromatic rings. The Kier molecular flexibility index (Phi) is 4.01. The minimum Gasteiger partial charge on any atom is -0.383 e.